The van der Waals surface area contributed by atoms with Gasteiger partial charge in [-0.25, -0.2) is 14.8 Å². The largest absolute Gasteiger partial charge is 0.481 e. The van der Waals surface area contributed by atoms with Crippen molar-refractivity contribution in [1.29, 1.82) is 0 Å². The highest BCUT2D eigenvalue weighted by Gasteiger charge is 2.27. The van der Waals surface area contributed by atoms with Crippen LogP contribution in [0.2, 0.25) is 0 Å². The third-order valence-corrected chi connectivity index (χ3v) is 4.41. The van der Waals surface area contributed by atoms with E-state index >= 15 is 0 Å². The fraction of sp³-hybridized carbons (Fsp3) is 0.278. The second-order valence-corrected chi connectivity index (χ2v) is 6.34. The van der Waals surface area contributed by atoms with Crippen molar-refractivity contribution >= 4 is 16.9 Å². The minimum Gasteiger partial charge on any atom is -0.481 e. The highest BCUT2D eigenvalue weighted by Crippen LogP contribution is 2.34. The lowest BCUT2D eigenvalue weighted by Crippen LogP contribution is -2.31. The summed E-state index contributed by atoms with van der Waals surface area (Å²) in [5.74, 6) is 0.0856. The second kappa shape index (κ2) is 6.67. The molecule has 0 atom stereocenters. The summed E-state index contributed by atoms with van der Waals surface area (Å²) >= 11 is 0. The number of H-pyrrole nitrogens is 1. The highest BCUT2D eigenvalue weighted by atomic mass is 16.5. The third-order valence-electron chi connectivity index (χ3n) is 4.41. The Morgan fingerprint density at radius 3 is 2.89 bits per heavy atom. The van der Waals surface area contributed by atoms with Crippen LogP contribution >= 0.6 is 0 Å². The van der Waals surface area contributed by atoms with Crippen LogP contribution in [0.1, 0.15) is 34.8 Å². The lowest BCUT2D eigenvalue weighted by Gasteiger charge is -2.09. The van der Waals surface area contributed by atoms with Crippen molar-refractivity contribution in [2.24, 2.45) is 0 Å². The molecule has 0 unspecified atom stereocenters. The van der Waals surface area contributed by atoms with E-state index < -0.39 is 11.2 Å². The molecule has 4 rings (SSSR count). The molecule has 1 saturated carbocycles. The van der Waals surface area contributed by atoms with E-state index in [1.165, 1.54) is 23.9 Å². The summed E-state index contributed by atoms with van der Waals surface area (Å²) in [6.07, 6.45) is 4.72. The molecule has 3 aromatic rings. The van der Waals surface area contributed by atoms with Crippen molar-refractivity contribution in [3.63, 3.8) is 0 Å². The number of ether oxygens (including phenoxy) is 1. The van der Waals surface area contributed by atoms with Gasteiger partial charge >= 0.3 is 5.69 Å². The van der Waals surface area contributed by atoms with E-state index in [1.807, 2.05) is 0 Å². The van der Waals surface area contributed by atoms with Gasteiger partial charge in [0.05, 0.1) is 18.1 Å². The summed E-state index contributed by atoms with van der Waals surface area (Å²) in [5, 5.41) is 2.99. The summed E-state index contributed by atoms with van der Waals surface area (Å²) in [5.41, 5.74) is 0.361. The van der Waals surface area contributed by atoms with Crippen molar-refractivity contribution in [1.82, 2.24) is 24.8 Å². The summed E-state index contributed by atoms with van der Waals surface area (Å²) in [6, 6.07) is 5.01. The quantitative estimate of drug-likeness (QED) is 0.687. The zero-order valence-corrected chi connectivity index (χ0v) is 14.6. The third kappa shape index (κ3) is 3.31. The molecule has 1 aliphatic carbocycles. The number of hydrogen-bond acceptors (Lipinski definition) is 6. The molecule has 3 heterocycles. The first-order valence-corrected chi connectivity index (χ1v) is 8.48. The van der Waals surface area contributed by atoms with Gasteiger partial charge in [0.25, 0.3) is 11.5 Å². The topological polar surface area (TPSA) is 119 Å². The van der Waals surface area contributed by atoms with Gasteiger partial charge in [-0.1, -0.05) is 0 Å². The van der Waals surface area contributed by atoms with E-state index in [2.05, 4.69) is 20.3 Å². The van der Waals surface area contributed by atoms with Gasteiger partial charge in [0.15, 0.2) is 0 Å². The van der Waals surface area contributed by atoms with E-state index in [0.29, 0.717) is 11.5 Å². The lowest BCUT2D eigenvalue weighted by molar-refractivity contribution is 0.0950. The van der Waals surface area contributed by atoms with Crippen LogP contribution in [0.25, 0.3) is 11.0 Å². The average molecular weight is 367 g/mol. The SMILES string of the molecule is COc1cc(CNC(=O)c2cnc3c(c2)c(=O)[nH]c(=O)n3C2CC2)ccn1. The molecule has 0 aromatic carbocycles. The number of amides is 1. The van der Waals surface area contributed by atoms with Gasteiger partial charge in [-0.15, -0.1) is 0 Å². The van der Waals surface area contributed by atoms with E-state index in [1.54, 1.807) is 18.3 Å². The maximum atomic E-state index is 12.4. The first-order valence-electron chi connectivity index (χ1n) is 8.48. The number of nitrogens with zero attached hydrogens (tertiary/aromatic N) is 3. The average Bonchev–Trinajstić information content (AvgIpc) is 3.51. The number of rotatable bonds is 5. The molecule has 1 amide bonds. The first-order chi connectivity index (χ1) is 13.1. The van der Waals surface area contributed by atoms with Crippen LogP contribution in [0, 0.1) is 0 Å². The Kier molecular flexibility index (Phi) is 4.19. The monoisotopic (exact) mass is 367 g/mol. The number of fused-ring (bicyclic) bond motifs is 1. The number of nitrogens with one attached hydrogen (secondary N) is 2. The molecule has 9 nitrogen and oxygen atoms in total. The molecule has 0 radical (unpaired) electrons. The molecular weight excluding hydrogens is 350 g/mol. The number of aromatic amines is 1. The zero-order chi connectivity index (χ0) is 19.0. The van der Waals surface area contributed by atoms with Crippen LogP contribution < -0.4 is 21.3 Å². The molecule has 1 fully saturated rings. The molecule has 0 bridgehead atoms. The standard InChI is InChI=1S/C18H17N5O4/c1-27-14-6-10(4-5-19-14)8-21-16(24)11-7-13-15(20-9-11)23(12-2-3-12)18(26)22-17(13)25/h4-7,9,12H,2-3,8H2,1H3,(H,21,24)(H,22,25,26). The predicted molar refractivity (Wildman–Crippen MR) is 96.9 cm³/mol. The van der Waals surface area contributed by atoms with Crippen LogP contribution in [-0.4, -0.2) is 32.5 Å². The number of carbonyl (C=O) groups is 1. The van der Waals surface area contributed by atoms with E-state index in [4.69, 9.17) is 4.74 Å². The molecular formula is C18H17N5O4. The van der Waals surface area contributed by atoms with Gasteiger partial charge in [0, 0.05) is 31.0 Å². The minimum absolute atomic E-state index is 0.0608. The molecule has 0 aliphatic heterocycles. The van der Waals surface area contributed by atoms with E-state index in [9.17, 15) is 14.4 Å². The molecule has 2 N–H and O–H groups in total. The fourth-order valence-corrected chi connectivity index (χ4v) is 2.89. The van der Waals surface area contributed by atoms with Crippen molar-refractivity contribution in [2.45, 2.75) is 25.4 Å². The van der Waals surface area contributed by atoms with E-state index in [0.717, 1.165) is 18.4 Å². The van der Waals surface area contributed by atoms with Crippen LogP contribution in [0.5, 0.6) is 5.88 Å². The van der Waals surface area contributed by atoms with E-state index in [-0.39, 0.29) is 29.4 Å². The number of hydrogen-bond donors (Lipinski definition) is 2. The maximum absolute atomic E-state index is 12.4. The number of carbonyl (C=O) groups excluding carboxylic acids is 1. The van der Waals surface area contributed by atoms with Gasteiger partial charge in [-0.3, -0.25) is 19.1 Å². The smallest absolute Gasteiger partial charge is 0.330 e. The van der Waals surface area contributed by atoms with Crippen LogP contribution in [0.3, 0.4) is 0 Å². The van der Waals surface area contributed by atoms with Crippen molar-refractivity contribution in [2.75, 3.05) is 7.11 Å². The predicted octanol–water partition coefficient (Wildman–Crippen LogP) is 0.753. The summed E-state index contributed by atoms with van der Waals surface area (Å²) in [6.45, 7) is 0.272. The highest BCUT2D eigenvalue weighted by molar-refractivity contribution is 5.96. The normalized spacial score (nSPS) is 13.5. The number of pyridine rings is 2. The van der Waals surface area contributed by atoms with Crippen molar-refractivity contribution < 1.29 is 9.53 Å². The molecule has 0 spiro atoms. The van der Waals surface area contributed by atoms with Crippen LogP contribution in [0.4, 0.5) is 0 Å². The number of aromatic nitrogens is 4. The molecule has 0 saturated heterocycles. The maximum Gasteiger partial charge on any atom is 0.330 e. The fourth-order valence-electron chi connectivity index (χ4n) is 2.89. The molecule has 9 heteroatoms. The van der Waals surface area contributed by atoms with Gasteiger partial charge < -0.3 is 10.1 Å². The number of methoxy groups -OCH3 is 1. The van der Waals surface area contributed by atoms with Gasteiger partial charge in [0.1, 0.15) is 5.65 Å². The molecule has 27 heavy (non-hydrogen) atoms. The minimum atomic E-state index is -0.548. The Balaban J connectivity index is 1.61. The lowest BCUT2D eigenvalue weighted by atomic mass is 10.2. The van der Waals surface area contributed by atoms with Gasteiger partial charge in [-0.05, 0) is 30.5 Å². The van der Waals surface area contributed by atoms with Crippen molar-refractivity contribution in [3.05, 3.63) is 62.6 Å². The molecule has 3 aromatic heterocycles. The Labute approximate surface area is 153 Å². The Morgan fingerprint density at radius 2 is 2.15 bits per heavy atom. The molecule has 138 valence electrons. The van der Waals surface area contributed by atoms with Gasteiger partial charge in [0.2, 0.25) is 5.88 Å². The summed E-state index contributed by atoms with van der Waals surface area (Å²) in [7, 11) is 1.52. The van der Waals surface area contributed by atoms with Crippen molar-refractivity contribution in [3.8, 4) is 5.88 Å². The Morgan fingerprint density at radius 1 is 1.33 bits per heavy atom. The van der Waals surface area contributed by atoms with Crippen LogP contribution in [0.15, 0.2) is 40.2 Å². The van der Waals surface area contributed by atoms with Gasteiger partial charge in [-0.2, -0.15) is 0 Å². The second-order valence-electron chi connectivity index (χ2n) is 6.34. The molecule has 1 aliphatic rings. The Hall–Kier alpha value is -3.49. The Bertz CT molecular complexity index is 1150. The zero-order valence-electron chi connectivity index (χ0n) is 14.6. The summed E-state index contributed by atoms with van der Waals surface area (Å²) in [4.78, 5) is 47.2. The first kappa shape index (κ1) is 17.0. The summed E-state index contributed by atoms with van der Waals surface area (Å²) < 4.78 is 6.54. The van der Waals surface area contributed by atoms with Crippen LogP contribution in [-0.2, 0) is 6.54 Å².